The second kappa shape index (κ2) is 8.27. The molecule has 7 heteroatoms. The highest BCUT2D eigenvalue weighted by Gasteiger charge is 2.21. The summed E-state index contributed by atoms with van der Waals surface area (Å²) in [5.41, 5.74) is 2.99. The summed E-state index contributed by atoms with van der Waals surface area (Å²) in [7, 11) is 1.68. The third-order valence-electron chi connectivity index (χ3n) is 4.65. The van der Waals surface area contributed by atoms with E-state index >= 15 is 0 Å². The maximum absolute atomic E-state index is 5.30. The van der Waals surface area contributed by atoms with Crippen LogP contribution in [0.4, 0.5) is 5.13 Å². The highest BCUT2D eigenvalue weighted by atomic mass is 32.2. The van der Waals surface area contributed by atoms with Gasteiger partial charge in [0.2, 0.25) is 0 Å². The lowest BCUT2D eigenvalue weighted by Crippen LogP contribution is -2.29. The second-order valence-corrected chi connectivity index (χ2v) is 8.13. The molecule has 5 nitrogen and oxygen atoms in total. The number of hydrogen-bond donors (Lipinski definition) is 0. The molecule has 0 bridgehead atoms. The SMILES string of the molecule is COc1ccc(-c2nc(N3CCCCC3)sc2-c2ccnc(SC)n2)cc1. The number of benzene rings is 1. The van der Waals surface area contributed by atoms with E-state index < -0.39 is 0 Å². The molecular formula is C20H22N4OS2. The molecule has 0 saturated carbocycles. The van der Waals surface area contributed by atoms with Crippen LogP contribution in [0.15, 0.2) is 41.7 Å². The first-order chi connectivity index (χ1) is 13.3. The van der Waals surface area contributed by atoms with Gasteiger partial charge in [0.05, 0.1) is 23.4 Å². The molecule has 3 heterocycles. The largest absolute Gasteiger partial charge is 0.497 e. The lowest BCUT2D eigenvalue weighted by atomic mass is 10.1. The molecule has 0 aliphatic carbocycles. The van der Waals surface area contributed by atoms with Crippen molar-refractivity contribution in [1.29, 1.82) is 0 Å². The van der Waals surface area contributed by atoms with E-state index in [9.17, 15) is 0 Å². The summed E-state index contributed by atoms with van der Waals surface area (Å²) in [6, 6.07) is 10.1. The van der Waals surface area contributed by atoms with Gasteiger partial charge in [-0.3, -0.25) is 0 Å². The number of ether oxygens (including phenoxy) is 1. The molecule has 27 heavy (non-hydrogen) atoms. The van der Waals surface area contributed by atoms with Gasteiger partial charge >= 0.3 is 0 Å². The number of nitrogens with zero attached hydrogens (tertiary/aromatic N) is 4. The lowest BCUT2D eigenvalue weighted by Gasteiger charge is -2.25. The Bertz CT molecular complexity index is 905. The van der Waals surface area contributed by atoms with Gasteiger partial charge in [-0.15, -0.1) is 0 Å². The summed E-state index contributed by atoms with van der Waals surface area (Å²) in [6.07, 6.45) is 7.60. The Morgan fingerprint density at radius 2 is 1.81 bits per heavy atom. The van der Waals surface area contributed by atoms with Crippen molar-refractivity contribution in [2.24, 2.45) is 0 Å². The van der Waals surface area contributed by atoms with Crippen LogP contribution in [-0.2, 0) is 0 Å². The fraction of sp³-hybridized carbons (Fsp3) is 0.350. The fourth-order valence-electron chi connectivity index (χ4n) is 3.21. The number of anilines is 1. The molecule has 140 valence electrons. The van der Waals surface area contributed by atoms with Crippen molar-refractivity contribution in [3.8, 4) is 27.6 Å². The molecule has 4 rings (SSSR count). The van der Waals surface area contributed by atoms with Crippen molar-refractivity contribution in [2.75, 3.05) is 31.4 Å². The molecule has 1 saturated heterocycles. The van der Waals surface area contributed by atoms with Crippen LogP contribution in [0.5, 0.6) is 5.75 Å². The molecule has 3 aromatic rings. The Morgan fingerprint density at radius 3 is 2.52 bits per heavy atom. The first-order valence-corrected chi connectivity index (χ1v) is 11.1. The van der Waals surface area contributed by atoms with E-state index in [1.807, 2.05) is 30.7 Å². The van der Waals surface area contributed by atoms with Gasteiger partial charge in [0.25, 0.3) is 0 Å². The zero-order valence-corrected chi connectivity index (χ0v) is 17.1. The van der Waals surface area contributed by atoms with E-state index in [1.165, 1.54) is 19.3 Å². The van der Waals surface area contributed by atoms with Crippen molar-refractivity contribution in [1.82, 2.24) is 15.0 Å². The highest BCUT2D eigenvalue weighted by Crippen LogP contribution is 2.40. The fourth-order valence-corrected chi connectivity index (χ4v) is 4.68. The molecule has 2 aromatic heterocycles. The number of piperidine rings is 1. The first-order valence-electron chi connectivity index (χ1n) is 9.06. The summed E-state index contributed by atoms with van der Waals surface area (Å²) in [5, 5.41) is 1.86. The molecule has 0 radical (unpaired) electrons. The Hall–Kier alpha value is -2.12. The van der Waals surface area contributed by atoms with Gasteiger partial charge < -0.3 is 9.64 Å². The Balaban J connectivity index is 1.79. The minimum absolute atomic E-state index is 0.779. The predicted molar refractivity (Wildman–Crippen MR) is 113 cm³/mol. The zero-order valence-electron chi connectivity index (χ0n) is 15.5. The topological polar surface area (TPSA) is 51.1 Å². The summed E-state index contributed by atoms with van der Waals surface area (Å²) in [5.74, 6) is 0.846. The number of thioether (sulfide) groups is 1. The van der Waals surface area contributed by atoms with Crippen molar-refractivity contribution >= 4 is 28.2 Å². The van der Waals surface area contributed by atoms with E-state index in [-0.39, 0.29) is 0 Å². The third-order valence-corrected chi connectivity index (χ3v) is 6.36. The van der Waals surface area contributed by atoms with Gasteiger partial charge in [0, 0.05) is 24.8 Å². The third kappa shape index (κ3) is 3.94. The van der Waals surface area contributed by atoms with E-state index in [2.05, 4.69) is 22.0 Å². The van der Waals surface area contributed by atoms with Crippen LogP contribution in [0, 0.1) is 0 Å². The van der Waals surface area contributed by atoms with Gasteiger partial charge in [0.15, 0.2) is 10.3 Å². The van der Waals surface area contributed by atoms with Crippen LogP contribution in [-0.4, -0.2) is 41.4 Å². The Labute approximate surface area is 167 Å². The van der Waals surface area contributed by atoms with Gasteiger partial charge in [0.1, 0.15) is 5.75 Å². The molecule has 0 unspecified atom stereocenters. The number of thiazole rings is 1. The highest BCUT2D eigenvalue weighted by molar-refractivity contribution is 7.98. The zero-order chi connectivity index (χ0) is 18.6. The second-order valence-electron chi connectivity index (χ2n) is 6.38. The molecule has 1 aromatic carbocycles. The smallest absolute Gasteiger partial charge is 0.187 e. The summed E-state index contributed by atoms with van der Waals surface area (Å²) >= 11 is 3.28. The Morgan fingerprint density at radius 1 is 1.04 bits per heavy atom. The van der Waals surface area contributed by atoms with Crippen LogP contribution in [0.25, 0.3) is 21.8 Å². The van der Waals surface area contributed by atoms with E-state index in [4.69, 9.17) is 14.7 Å². The molecule has 0 N–H and O–H groups in total. The van der Waals surface area contributed by atoms with Crippen LogP contribution in [0.2, 0.25) is 0 Å². The molecule has 1 aliphatic heterocycles. The van der Waals surface area contributed by atoms with Crippen molar-refractivity contribution in [2.45, 2.75) is 24.4 Å². The molecule has 1 aliphatic rings. The maximum atomic E-state index is 5.30. The molecule has 0 atom stereocenters. The van der Waals surface area contributed by atoms with Crippen LogP contribution >= 0.6 is 23.1 Å². The number of aromatic nitrogens is 3. The van der Waals surface area contributed by atoms with Crippen molar-refractivity contribution in [3.63, 3.8) is 0 Å². The van der Waals surface area contributed by atoms with Gasteiger partial charge in [-0.1, -0.05) is 23.1 Å². The lowest BCUT2D eigenvalue weighted by molar-refractivity contribution is 0.415. The van der Waals surface area contributed by atoms with Crippen molar-refractivity contribution in [3.05, 3.63) is 36.5 Å². The van der Waals surface area contributed by atoms with Crippen LogP contribution in [0.3, 0.4) is 0 Å². The van der Waals surface area contributed by atoms with Gasteiger partial charge in [-0.05, 0) is 55.9 Å². The molecule has 1 fully saturated rings. The predicted octanol–water partition coefficient (Wildman–Crippen LogP) is 4.99. The van der Waals surface area contributed by atoms with E-state index in [0.717, 1.165) is 51.0 Å². The summed E-state index contributed by atoms with van der Waals surface area (Å²) < 4.78 is 5.30. The van der Waals surface area contributed by atoms with Crippen LogP contribution < -0.4 is 9.64 Å². The quantitative estimate of drug-likeness (QED) is 0.446. The summed E-state index contributed by atoms with van der Waals surface area (Å²) in [4.78, 5) is 17.6. The first kappa shape index (κ1) is 18.3. The Kier molecular flexibility index (Phi) is 5.59. The van der Waals surface area contributed by atoms with Gasteiger partial charge in [-0.25, -0.2) is 15.0 Å². The van der Waals surface area contributed by atoms with Crippen molar-refractivity contribution < 1.29 is 4.74 Å². The number of rotatable bonds is 5. The number of hydrogen-bond acceptors (Lipinski definition) is 7. The summed E-state index contributed by atoms with van der Waals surface area (Å²) in [6.45, 7) is 2.16. The van der Waals surface area contributed by atoms with E-state index in [0.29, 0.717) is 0 Å². The minimum atomic E-state index is 0.779. The molecular weight excluding hydrogens is 376 g/mol. The van der Waals surface area contributed by atoms with Gasteiger partial charge in [-0.2, -0.15) is 0 Å². The monoisotopic (exact) mass is 398 g/mol. The normalized spacial score (nSPS) is 14.4. The minimum Gasteiger partial charge on any atom is -0.497 e. The maximum Gasteiger partial charge on any atom is 0.187 e. The standard InChI is InChI=1S/C20H22N4OS2/c1-25-15-8-6-14(7-9-15)17-18(16-10-11-21-19(22-16)26-2)27-20(23-17)24-12-4-3-5-13-24/h6-11H,3-5,12-13H2,1-2H3. The van der Waals surface area contributed by atoms with E-state index in [1.54, 1.807) is 30.2 Å². The molecule has 0 spiro atoms. The average Bonchev–Trinajstić information content (AvgIpc) is 3.20. The van der Waals surface area contributed by atoms with Crippen LogP contribution in [0.1, 0.15) is 19.3 Å². The molecule has 0 amide bonds. The number of methoxy groups -OCH3 is 1. The average molecular weight is 399 g/mol.